The number of hydrogen-bond donors (Lipinski definition) is 0. The Bertz CT molecular complexity index is 913. The van der Waals surface area contributed by atoms with E-state index in [0.717, 1.165) is 28.1 Å². The van der Waals surface area contributed by atoms with E-state index in [1.807, 2.05) is 126 Å². The van der Waals surface area contributed by atoms with Crippen LogP contribution in [0.5, 0.6) is 5.75 Å². The molecule has 0 N–H and O–H groups in total. The highest BCUT2D eigenvalue weighted by atomic mass is 35.5. The first-order chi connectivity index (χ1) is 15.1. The first kappa shape index (κ1) is 27.5. The minimum absolute atomic E-state index is 0.719. The maximum Gasteiger partial charge on any atom is 0.121 e. The van der Waals surface area contributed by atoms with Crippen molar-refractivity contribution in [3.63, 3.8) is 0 Å². The summed E-state index contributed by atoms with van der Waals surface area (Å²) < 4.78 is 5.37. The molecule has 32 heavy (non-hydrogen) atoms. The average Bonchev–Trinajstić information content (AvgIpc) is 2.75. The monoisotopic (exact) mass is 475 g/mol. The van der Waals surface area contributed by atoms with Crippen LogP contribution < -0.4 is 19.4 Å². The van der Waals surface area contributed by atoms with E-state index in [9.17, 15) is 0 Å². The van der Waals surface area contributed by atoms with Crippen molar-refractivity contribution in [2.75, 3.05) is 63.6 Å². The van der Waals surface area contributed by atoms with Gasteiger partial charge in [0.1, 0.15) is 5.75 Å². The van der Waals surface area contributed by atoms with Crippen LogP contribution in [0.1, 0.15) is 6.92 Å². The first-order valence-electron chi connectivity index (χ1n) is 10.4. The fourth-order valence-corrected chi connectivity index (χ4v) is 2.82. The van der Waals surface area contributed by atoms with E-state index in [1.165, 1.54) is 11.4 Å². The quantitative estimate of drug-likeness (QED) is 0.396. The van der Waals surface area contributed by atoms with Gasteiger partial charge in [-0.3, -0.25) is 0 Å². The van der Waals surface area contributed by atoms with Gasteiger partial charge in [0.2, 0.25) is 0 Å². The van der Waals surface area contributed by atoms with Crippen molar-refractivity contribution in [2.45, 2.75) is 6.92 Å². The molecule has 0 heterocycles. The maximum absolute atomic E-state index is 5.76. The van der Waals surface area contributed by atoms with Crippen molar-refractivity contribution in [2.24, 2.45) is 0 Å². The molecule has 0 bridgehead atoms. The average molecular weight is 476 g/mol. The molecule has 0 aliphatic heterocycles. The zero-order valence-electron chi connectivity index (χ0n) is 20.1. The van der Waals surface area contributed by atoms with E-state index < -0.39 is 0 Å². The second kappa shape index (κ2) is 14.5. The van der Waals surface area contributed by atoms with E-state index in [4.69, 9.17) is 27.9 Å². The molecule has 4 nitrogen and oxygen atoms in total. The number of hydrogen-bond acceptors (Lipinski definition) is 4. The third-order valence-corrected chi connectivity index (χ3v) is 4.80. The smallest absolute Gasteiger partial charge is 0.121 e. The Morgan fingerprint density at radius 2 is 1.09 bits per heavy atom. The lowest BCUT2D eigenvalue weighted by atomic mass is 10.3. The molecule has 0 saturated heterocycles. The van der Waals surface area contributed by atoms with Crippen molar-refractivity contribution >= 4 is 40.3 Å². The maximum atomic E-state index is 5.76. The Morgan fingerprint density at radius 1 is 0.594 bits per heavy atom. The zero-order chi connectivity index (χ0) is 24.1. The highest BCUT2D eigenvalue weighted by Gasteiger charge is 1.96. The molecule has 0 aliphatic rings. The Kier molecular flexibility index (Phi) is 12.4. The van der Waals surface area contributed by atoms with Gasteiger partial charge in [-0.25, -0.2) is 0 Å². The van der Waals surface area contributed by atoms with Gasteiger partial charge >= 0.3 is 0 Å². The van der Waals surface area contributed by atoms with Crippen LogP contribution >= 0.6 is 23.2 Å². The molecule has 0 aromatic heterocycles. The van der Waals surface area contributed by atoms with Crippen molar-refractivity contribution in [1.29, 1.82) is 0 Å². The SMILES string of the molecule is CCOc1cccc(N(C)C)c1.CN(C)c1ccc(Cl)cc1.CN(C)c1cccc(Cl)c1. The topological polar surface area (TPSA) is 19.0 Å². The molecule has 0 fully saturated rings. The van der Waals surface area contributed by atoms with Crippen LogP contribution in [0.4, 0.5) is 17.1 Å². The van der Waals surface area contributed by atoms with Crippen LogP contribution in [0, 0.1) is 0 Å². The van der Waals surface area contributed by atoms with Crippen molar-refractivity contribution < 1.29 is 4.74 Å². The number of anilines is 3. The number of rotatable bonds is 5. The van der Waals surface area contributed by atoms with Gasteiger partial charge in [0.15, 0.2) is 0 Å². The molecule has 0 saturated carbocycles. The van der Waals surface area contributed by atoms with Crippen molar-refractivity contribution in [1.82, 2.24) is 0 Å². The molecule has 0 unspecified atom stereocenters. The second-order valence-electron chi connectivity index (χ2n) is 7.57. The fraction of sp³-hybridized carbons (Fsp3) is 0.308. The molecule has 174 valence electrons. The van der Waals surface area contributed by atoms with Crippen LogP contribution in [0.2, 0.25) is 10.0 Å². The van der Waals surface area contributed by atoms with E-state index >= 15 is 0 Å². The minimum atomic E-state index is 0.719. The first-order valence-corrected chi connectivity index (χ1v) is 11.2. The Labute approximate surface area is 203 Å². The molecule has 0 radical (unpaired) electrons. The van der Waals surface area contributed by atoms with Crippen LogP contribution in [0.3, 0.4) is 0 Å². The number of halogens is 2. The van der Waals surface area contributed by atoms with E-state index in [2.05, 4.69) is 11.0 Å². The number of benzene rings is 3. The molecule has 0 amide bonds. The zero-order valence-corrected chi connectivity index (χ0v) is 21.7. The predicted molar refractivity (Wildman–Crippen MR) is 143 cm³/mol. The second-order valence-corrected chi connectivity index (χ2v) is 8.44. The summed E-state index contributed by atoms with van der Waals surface area (Å²) in [5.74, 6) is 0.934. The molecule has 0 aliphatic carbocycles. The standard InChI is InChI=1S/C10H15NO.2C8H10ClN/c1-4-12-10-7-5-6-9(8-10)11(2)3;1-10(2)8-5-3-7(9)4-6-8;1-10(2)8-5-3-4-7(9)6-8/h5-8H,4H2,1-3H3;2*3-6H,1-2H3. The summed E-state index contributed by atoms with van der Waals surface area (Å²) in [6.07, 6.45) is 0. The largest absolute Gasteiger partial charge is 0.494 e. The normalized spacial score (nSPS) is 9.53. The van der Waals surface area contributed by atoms with Gasteiger partial charge < -0.3 is 19.4 Å². The van der Waals surface area contributed by atoms with Gasteiger partial charge in [-0.2, -0.15) is 0 Å². The Hall–Kier alpha value is -2.56. The molecule has 0 atom stereocenters. The van der Waals surface area contributed by atoms with Crippen molar-refractivity contribution in [3.05, 3.63) is 82.8 Å². The van der Waals surface area contributed by atoms with Gasteiger partial charge in [-0.05, 0) is 61.5 Å². The summed E-state index contributed by atoms with van der Waals surface area (Å²) in [6.45, 7) is 2.71. The third-order valence-electron chi connectivity index (χ3n) is 4.31. The summed E-state index contributed by atoms with van der Waals surface area (Å²) in [6, 6.07) is 23.6. The van der Waals surface area contributed by atoms with Gasteiger partial charge in [0, 0.05) is 75.5 Å². The molecule has 6 heteroatoms. The van der Waals surface area contributed by atoms with E-state index in [-0.39, 0.29) is 0 Å². The molecule has 0 spiro atoms. The Morgan fingerprint density at radius 3 is 1.53 bits per heavy atom. The summed E-state index contributed by atoms with van der Waals surface area (Å²) in [5, 5.41) is 1.57. The Balaban J connectivity index is 0.000000241. The highest BCUT2D eigenvalue weighted by Crippen LogP contribution is 2.19. The van der Waals surface area contributed by atoms with Crippen LogP contribution in [0.15, 0.2) is 72.8 Å². The molecular formula is C26H35Cl2N3O. The molecule has 3 aromatic rings. The van der Waals surface area contributed by atoms with Crippen molar-refractivity contribution in [3.8, 4) is 5.75 Å². The molecular weight excluding hydrogens is 441 g/mol. The van der Waals surface area contributed by atoms with Crippen LogP contribution in [-0.4, -0.2) is 48.9 Å². The minimum Gasteiger partial charge on any atom is -0.494 e. The van der Waals surface area contributed by atoms with Gasteiger partial charge in [-0.1, -0.05) is 35.3 Å². The predicted octanol–water partition coefficient (Wildman–Crippen LogP) is 6.96. The van der Waals surface area contributed by atoms with Crippen LogP contribution in [0.25, 0.3) is 0 Å². The lowest BCUT2D eigenvalue weighted by Gasteiger charge is -2.13. The number of nitrogens with zero attached hydrogens (tertiary/aromatic N) is 3. The summed E-state index contributed by atoms with van der Waals surface area (Å²) in [4.78, 5) is 6.12. The fourth-order valence-electron chi connectivity index (χ4n) is 2.51. The molecule has 3 rings (SSSR count). The lowest BCUT2D eigenvalue weighted by molar-refractivity contribution is 0.340. The van der Waals surface area contributed by atoms with Gasteiger partial charge in [0.25, 0.3) is 0 Å². The van der Waals surface area contributed by atoms with Gasteiger partial charge in [0.05, 0.1) is 6.61 Å². The lowest BCUT2D eigenvalue weighted by Crippen LogP contribution is -2.08. The summed E-state index contributed by atoms with van der Waals surface area (Å²) in [5.41, 5.74) is 3.47. The third kappa shape index (κ3) is 10.7. The highest BCUT2D eigenvalue weighted by molar-refractivity contribution is 6.31. The van der Waals surface area contributed by atoms with Gasteiger partial charge in [-0.15, -0.1) is 0 Å². The van der Waals surface area contributed by atoms with E-state index in [0.29, 0.717) is 0 Å². The number of ether oxygens (including phenoxy) is 1. The summed E-state index contributed by atoms with van der Waals surface area (Å²) in [7, 11) is 12.0. The summed E-state index contributed by atoms with van der Waals surface area (Å²) >= 11 is 11.5. The van der Waals surface area contributed by atoms with E-state index in [1.54, 1.807) is 0 Å². The van der Waals surface area contributed by atoms with Crippen LogP contribution in [-0.2, 0) is 0 Å². The molecule has 3 aromatic carbocycles.